The summed E-state index contributed by atoms with van der Waals surface area (Å²) >= 11 is 0.856. The predicted octanol–water partition coefficient (Wildman–Crippen LogP) is 5.30. The molecule has 2 aliphatic rings. The number of anilines is 3. The van der Waals surface area contributed by atoms with Gasteiger partial charge in [0.1, 0.15) is 10.7 Å². The molecule has 2 fully saturated rings. The van der Waals surface area contributed by atoms with E-state index >= 15 is 0 Å². The maximum Gasteiger partial charge on any atom is 0.435 e. The second-order valence-corrected chi connectivity index (χ2v) is 10.1. The first kappa shape index (κ1) is 24.5. The van der Waals surface area contributed by atoms with Gasteiger partial charge in [0.2, 0.25) is 0 Å². The molecule has 2 aromatic heterocycles. The number of para-hydroxylation sites is 1. The van der Waals surface area contributed by atoms with E-state index in [2.05, 4.69) is 31.9 Å². The van der Waals surface area contributed by atoms with Gasteiger partial charge in [-0.2, -0.15) is 13.2 Å². The van der Waals surface area contributed by atoms with Gasteiger partial charge in [0, 0.05) is 57.6 Å². The van der Waals surface area contributed by atoms with Crippen molar-refractivity contribution in [2.45, 2.75) is 31.9 Å². The van der Waals surface area contributed by atoms with Crippen LogP contribution in [0.3, 0.4) is 0 Å². The number of benzene rings is 1. The van der Waals surface area contributed by atoms with Crippen LogP contribution in [0, 0.1) is 0 Å². The number of ketones is 1. The molecule has 2 saturated heterocycles. The number of piperazine rings is 1. The van der Waals surface area contributed by atoms with Gasteiger partial charge in [-0.25, -0.2) is 9.97 Å². The minimum atomic E-state index is -4.67. The highest BCUT2D eigenvalue weighted by atomic mass is 32.1. The monoisotopic (exact) mass is 515 g/mol. The molecule has 0 bridgehead atoms. The third-order valence-corrected chi connectivity index (χ3v) is 7.82. The summed E-state index contributed by atoms with van der Waals surface area (Å²) in [6, 6.07) is 13.9. The van der Waals surface area contributed by atoms with E-state index < -0.39 is 17.7 Å². The maximum absolute atomic E-state index is 13.7. The average Bonchev–Trinajstić information content (AvgIpc) is 3.37. The highest BCUT2D eigenvalue weighted by Gasteiger charge is 2.40. The fraction of sp³-hybridized carbons (Fsp3) is 0.423. The summed E-state index contributed by atoms with van der Waals surface area (Å²) in [5.74, 6) is 0.231. The van der Waals surface area contributed by atoms with Crippen LogP contribution in [-0.2, 0) is 12.6 Å². The van der Waals surface area contributed by atoms with Crippen molar-refractivity contribution in [1.29, 1.82) is 0 Å². The quantitative estimate of drug-likeness (QED) is 0.416. The average molecular weight is 516 g/mol. The zero-order valence-electron chi connectivity index (χ0n) is 19.9. The molecule has 0 N–H and O–H groups in total. The molecule has 3 aromatic rings. The van der Waals surface area contributed by atoms with E-state index in [4.69, 9.17) is 0 Å². The number of carbonyl (C=O) groups excluding carboxylic acids is 1. The molecule has 190 valence electrons. The van der Waals surface area contributed by atoms with E-state index in [9.17, 15) is 18.0 Å². The van der Waals surface area contributed by atoms with E-state index in [1.807, 2.05) is 29.2 Å². The number of thiazole rings is 1. The van der Waals surface area contributed by atoms with Gasteiger partial charge in [0.15, 0.2) is 16.6 Å². The molecule has 0 atom stereocenters. The molecule has 36 heavy (non-hydrogen) atoms. The number of aromatic nitrogens is 2. The summed E-state index contributed by atoms with van der Waals surface area (Å²) in [5, 5.41) is 0.286. The Hall–Kier alpha value is -3.14. The summed E-state index contributed by atoms with van der Waals surface area (Å²) in [6.07, 6.45) is -0.311. The van der Waals surface area contributed by atoms with Gasteiger partial charge in [-0.3, -0.25) is 4.79 Å². The van der Waals surface area contributed by atoms with Crippen LogP contribution >= 0.6 is 11.3 Å². The van der Waals surface area contributed by atoms with E-state index in [0.717, 1.165) is 62.6 Å². The molecular formula is C26H28F3N5OS. The van der Waals surface area contributed by atoms with Gasteiger partial charge in [0.25, 0.3) is 0 Å². The van der Waals surface area contributed by atoms with Crippen LogP contribution in [0.25, 0.3) is 0 Å². The number of nitrogens with zero attached hydrogens (tertiary/aromatic N) is 5. The summed E-state index contributed by atoms with van der Waals surface area (Å²) in [7, 11) is 0. The van der Waals surface area contributed by atoms with E-state index in [0.29, 0.717) is 18.7 Å². The lowest BCUT2D eigenvalue weighted by Crippen LogP contribution is -2.46. The van der Waals surface area contributed by atoms with Gasteiger partial charge in [-0.05, 0) is 43.0 Å². The Morgan fingerprint density at radius 3 is 2.19 bits per heavy atom. The van der Waals surface area contributed by atoms with Crippen molar-refractivity contribution in [1.82, 2.24) is 9.97 Å². The fourth-order valence-electron chi connectivity index (χ4n) is 4.72. The molecule has 5 rings (SSSR count). The highest BCUT2D eigenvalue weighted by Crippen LogP contribution is 2.38. The SMILES string of the molecule is O=C(Cc1ccc(N2CCN(c3ccccc3)CC2)nc1)c1sc(N2CCCCC2)nc1C(F)(F)F. The number of Topliss-reactive ketones (excluding diaryl/α,β-unsaturated/α-hetero) is 1. The summed E-state index contributed by atoms with van der Waals surface area (Å²) in [6.45, 7) is 4.71. The Labute approximate surface area is 212 Å². The fourth-order valence-corrected chi connectivity index (χ4v) is 5.79. The van der Waals surface area contributed by atoms with Crippen LogP contribution < -0.4 is 14.7 Å². The number of rotatable bonds is 6. The Balaban J connectivity index is 1.24. The molecule has 0 radical (unpaired) electrons. The van der Waals surface area contributed by atoms with Crippen molar-refractivity contribution in [3.8, 4) is 0 Å². The predicted molar refractivity (Wildman–Crippen MR) is 136 cm³/mol. The zero-order chi connectivity index (χ0) is 25.1. The number of piperidine rings is 1. The minimum absolute atomic E-state index is 0.139. The van der Waals surface area contributed by atoms with Crippen LogP contribution in [0.1, 0.15) is 40.2 Å². The lowest BCUT2D eigenvalue weighted by molar-refractivity contribution is -0.141. The third-order valence-electron chi connectivity index (χ3n) is 6.66. The first-order chi connectivity index (χ1) is 17.4. The molecule has 0 aliphatic carbocycles. The maximum atomic E-state index is 13.7. The van der Waals surface area contributed by atoms with Gasteiger partial charge >= 0.3 is 6.18 Å². The van der Waals surface area contributed by atoms with Crippen molar-refractivity contribution in [2.24, 2.45) is 0 Å². The van der Waals surface area contributed by atoms with E-state index in [1.54, 1.807) is 12.3 Å². The second-order valence-electron chi connectivity index (χ2n) is 9.15. The van der Waals surface area contributed by atoms with Crippen LogP contribution in [0.15, 0.2) is 48.7 Å². The number of halogens is 3. The number of carbonyl (C=O) groups is 1. The molecule has 6 nitrogen and oxygen atoms in total. The summed E-state index contributed by atoms with van der Waals surface area (Å²) in [5.41, 5.74) is 0.718. The summed E-state index contributed by atoms with van der Waals surface area (Å²) < 4.78 is 41.0. The van der Waals surface area contributed by atoms with Crippen molar-refractivity contribution in [3.63, 3.8) is 0 Å². The first-order valence-electron chi connectivity index (χ1n) is 12.2. The zero-order valence-corrected chi connectivity index (χ0v) is 20.7. The third kappa shape index (κ3) is 5.48. The lowest BCUT2D eigenvalue weighted by atomic mass is 10.1. The van der Waals surface area contributed by atoms with Gasteiger partial charge in [-0.1, -0.05) is 35.6 Å². The number of hydrogen-bond acceptors (Lipinski definition) is 7. The standard InChI is InChI=1S/C26H28F3N5OS/c27-26(28,29)24-23(36-25(31-24)34-11-5-2-6-12-34)21(35)17-19-9-10-22(30-18-19)33-15-13-32(14-16-33)20-7-3-1-4-8-20/h1,3-4,7-10,18H,2,5-6,11-17H2. The highest BCUT2D eigenvalue weighted by molar-refractivity contribution is 7.17. The number of pyridine rings is 1. The second kappa shape index (κ2) is 10.5. The largest absolute Gasteiger partial charge is 0.435 e. The van der Waals surface area contributed by atoms with Crippen molar-refractivity contribution in [2.75, 3.05) is 54.0 Å². The van der Waals surface area contributed by atoms with Crippen molar-refractivity contribution < 1.29 is 18.0 Å². The van der Waals surface area contributed by atoms with Crippen molar-refractivity contribution >= 4 is 33.8 Å². The van der Waals surface area contributed by atoms with Gasteiger partial charge in [0.05, 0.1) is 0 Å². The van der Waals surface area contributed by atoms with Crippen LogP contribution in [-0.4, -0.2) is 55.0 Å². The van der Waals surface area contributed by atoms with Gasteiger partial charge in [-0.15, -0.1) is 0 Å². The van der Waals surface area contributed by atoms with Crippen LogP contribution in [0.2, 0.25) is 0 Å². The topological polar surface area (TPSA) is 52.6 Å². The first-order valence-corrected chi connectivity index (χ1v) is 13.1. The van der Waals surface area contributed by atoms with Crippen LogP contribution in [0.5, 0.6) is 0 Å². The van der Waals surface area contributed by atoms with Gasteiger partial charge < -0.3 is 14.7 Å². The minimum Gasteiger partial charge on any atom is -0.368 e. The molecule has 0 saturated carbocycles. The normalized spacial score (nSPS) is 16.9. The Morgan fingerprint density at radius 1 is 0.861 bits per heavy atom. The molecule has 2 aliphatic heterocycles. The number of hydrogen-bond donors (Lipinski definition) is 0. The molecule has 10 heteroatoms. The molecule has 1 aromatic carbocycles. The molecular weight excluding hydrogens is 487 g/mol. The Bertz CT molecular complexity index is 1170. The molecule has 0 amide bonds. The molecule has 0 unspecified atom stereocenters. The van der Waals surface area contributed by atoms with E-state index in [-0.39, 0.29) is 16.4 Å². The van der Waals surface area contributed by atoms with Crippen molar-refractivity contribution in [3.05, 3.63) is 64.8 Å². The molecule has 4 heterocycles. The smallest absolute Gasteiger partial charge is 0.368 e. The summed E-state index contributed by atoms with van der Waals surface area (Å²) in [4.78, 5) is 27.3. The number of alkyl halides is 3. The van der Waals surface area contributed by atoms with E-state index in [1.165, 1.54) is 5.69 Å². The molecule has 0 spiro atoms. The lowest BCUT2D eigenvalue weighted by Gasteiger charge is -2.36. The van der Waals surface area contributed by atoms with Crippen LogP contribution in [0.4, 0.5) is 29.8 Å². The Kier molecular flexibility index (Phi) is 7.13. The Morgan fingerprint density at radius 2 is 1.56 bits per heavy atom.